The number of anilines is 1. The van der Waals surface area contributed by atoms with Gasteiger partial charge in [-0.3, -0.25) is 0 Å². The van der Waals surface area contributed by atoms with E-state index in [4.69, 9.17) is 15.2 Å². The molecule has 3 rings (SSSR count). The van der Waals surface area contributed by atoms with Crippen LogP contribution in [-0.4, -0.2) is 63.3 Å². The highest BCUT2D eigenvalue weighted by Gasteiger charge is 2.38. The minimum atomic E-state index is -4.70. The number of alkyl halides is 6. The molecule has 0 aliphatic heterocycles. The quantitative estimate of drug-likeness (QED) is 0.178. The molecule has 3 aromatic rings. The van der Waals surface area contributed by atoms with Gasteiger partial charge in [0.2, 0.25) is 5.95 Å². The summed E-state index contributed by atoms with van der Waals surface area (Å²) in [6, 6.07) is 7.36. The number of aromatic nitrogens is 4. The molecule has 0 saturated carbocycles. The third kappa shape index (κ3) is 8.67. The standard InChI is InChI=1S/C21H24F6N5O2PS/c1-3-33-14-5-4-6-15(7-14)36-18-16-17(30-19(28)31-18)32(11-29-16)8-13(2)34-12-35(9-20(22,23)24)10-21(25,26)27/h4-7,11,13H,3,8-10,12H2,1-2H3,(H2,28,30,31). The zero-order chi connectivity index (χ0) is 26.5. The minimum absolute atomic E-state index is 0.0137. The van der Waals surface area contributed by atoms with E-state index in [9.17, 15) is 26.3 Å². The van der Waals surface area contributed by atoms with E-state index < -0.39 is 45.0 Å². The highest BCUT2D eigenvalue weighted by atomic mass is 32.2. The van der Waals surface area contributed by atoms with Crippen LogP contribution in [0.2, 0.25) is 0 Å². The molecule has 36 heavy (non-hydrogen) atoms. The molecule has 0 saturated heterocycles. The minimum Gasteiger partial charge on any atom is -0.494 e. The summed E-state index contributed by atoms with van der Waals surface area (Å²) in [6.45, 7) is 4.04. The van der Waals surface area contributed by atoms with Crippen LogP contribution < -0.4 is 10.5 Å². The number of hydrogen-bond donors (Lipinski definition) is 1. The lowest BCUT2D eigenvalue weighted by Gasteiger charge is -2.23. The highest BCUT2D eigenvalue weighted by molar-refractivity contribution is 7.99. The molecule has 15 heteroatoms. The largest absolute Gasteiger partial charge is 0.494 e. The Hall–Kier alpha value is -2.31. The molecule has 2 aromatic heterocycles. The Balaban J connectivity index is 1.73. The molecule has 2 heterocycles. The maximum atomic E-state index is 12.7. The average molecular weight is 555 g/mol. The molecule has 1 aromatic carbocycles. The first-order valence-corrected chi connectivity index (χ1v) is 13.4. The number of imidazole rings is 1. The van der Waals surface area contributed by atoms with Gasteiger partial charge < -0.3 is 19.8 Å². The van der Waals surface area contributed by atoms with Crippen molar-refractivity contribution in [2.45, 2.75) is 48.8 Å². The van der Waals surface area contributed by atoms with Crippen LogP contribution in [0.3, 0.4) is 0 Å². The van der Waals surface area contributed by atoms with Gasteiger partial charge in [0, 0.05) is 4.90 Å². The molecule has 0 amide bonds. The molecule has 0 spiro atoms. The average Bonchev–Trinajstić information content (AvgIpc) is 3.13. The van der Waals surface area contributed by atoms with Gasteiger partial charge in [0.05, 0.1) is 44.3 Å². The number of benzene rings is 1. The van der Waals surface area contributed by atoms with Crippen molar-refractivity contribution in [3.8, 4) is 5.75 Å². The van der Waals surface area contributed by atoms with Crippen molar-refractivity contribution >= 4 is 36.8 Å². The molecule has 0 radical (unpaired) electrons. The van der Waals surface area contributed by atoms with Crippen LogP contribution >= 0.6 is 19.7 Å². The number of hydrogen-bond acceptors (Lipinski definition) is 7. The van der Waals surface area contributed by atoms with E-state index in [1.165, 1.54) is 18.1 Å². The van der Waals surface area contributed by atoms with Gasteiger partial charge in [0.1, 0.15) is 16.3 Å². The van der Waals surface area contributed by atoms with Gasteiger partial charge in [-0.25, -0.2) is 9.97 Å². The molecule has 0 aliphatic carbocycles. The first kappa shape index (κ1) is 28.3. The SMILES string of the molecule is CCOc1cccc(Sc2nc(N)nc3c2ncn3CC(C)OCP(CC(F)(F)F)CC(F)(F)F)c1. The Morgan fingerprint density at radius 3 is 2.44 bits per heavy atom. The van der Waals surface area contributed by atoms with Crippen LogP contribution in [0.5, 0.6) is 5.75 Å². The zero-order valence-corrected chi connectivity index (χ0v) is 21.0. The molecule has 1 atom stereocenters. The second-order valence-corrected chi connectivity index (χ2v) is 11.1. The lowest BCUT2D eigenvalue weighted by Crippen LogP contribution is -2.24. The fourth-order valence-electron chi connectivity index (χ4n) is 3.26. The number of rotatable bonds is 11. The Morgan fingerprint density at radius 2 is 1.81 bits per heavy atom. The number of nitrogen functional groups attached to an aromatic ring is 1. The maximum Gasteiger partial charge on any atom is 0.392 e. The molecule has 2 N–H and O–H groups in total. The van der Waals surface area contributed by atoms with E-state index in [2.05, 4.69) is 15.0 Å². The Bertz CT molecular complexity index is 1140. The summed E-state index contributed by atoms with van der Waals surface area (Å²) in [6.07, 6.45) is -12.3. The first-order chi connectivity index (χ1) is 16.8. The van der Waals surface area contributed by atoms with E-state index in [-0.39, 0.29) is 12.5 Å². The number of fused-ring (bicyclic) bond motifs is 1. The van der Waals surface area contributed by atoms with Crippen LogP contribution in [0.15, 0.2) is 40.5 Å². The smallest absolute Gasteiger partial charge is 0.392 e. The summed E-state index contributed by atoms with van der Waals surface area (Å²) in [5.41, 5.74) is 6.70. The number of halogens is 6. The number of nitrogens with two attached hydrogens (primary N) is 1. The van der Waals surface area contributed by atoms with Gasteiger partial charge in [0.15, 0.2) is 5.65 Å². The summed E-state index contributed by atoms with van der Waals surface area (Å²) < 4.78 is 88.8. The Morgan fingerprint density at radius 1 is 1.11 bits per heavy atom. The first-order valence-electron chi connectivity index (χ1n) is 10.7. The Kier molecular flexibility index (Phi) is 9.28. The van der Waals surface area contributed by atoms with Crippen molar-refractivity contribution in [1.29, 1.82) is 0 Å². The Labute approximate surface area is 208 Å². The summed E-state index contributed by atoms with van der Waals surface area (Å²) in [4.78, 5) is 13.6. The van der Waals surface area contributed by atoms with Crippen molar-refractivity contribution in [3.05, 3.63) is 30.6 Å². The molecular formula is C21H24F6N5O2PS. The van der Waals surface area contributed by atoms with E-state index in [0.717, 1.165) is 4.90 Å². The van der Waals surface area contributed by atoms with E-state index in [1.54, 1.807) is 11.5 Å². The second kappa shape index (κ2) is 11.8. The topological polar surface area (TPSA) is 88.1 Å². The lowest BCUT2D eigenvalue weighted by atomic mass is 10.3. The van der Waals surface area contributed by atoms with Crippen LogP contribution in [-0.2, 0) is 11.3 Å². The van der Waals surface area contributed by atoms with Gasteiger partial charge in [-0.2, -0.15) is 31.3 Å². The second-order valence-electron chi connectivity index (χ2n) is 7.79. The van der Waals surface area contributed by atoms with Crippen molar-refractivity contribution in [2.75, 3.05) is 31.0 Å². The molecule has 7 nitrogen and oxygen atoms in total. The van der Waals surface area contributed by atoms with Gasteiger partial charge >= 0.3 is 12.4 Å². The van der Waals surface area contributed by atoms with Crippen LogP contribution in [0.25, 0.3) is 11.2 Å². The zero-order valence-electron chi connectivity index (χ0n) is 19.3. The van der Waals surface area contributed by atoms with Crippen molar-refractivity contribution in [3.63, 3.8) is 0 Å². The van der Waals surface area contributed by atoms with Crippen molar-refractivity contribution < 1.29 is 35.8 Å². The third-order valence-corrected chi connectivity index (χ3v) is 7.67. The molecule has 1 unspecified atom stereocenters. The summed E-state index contributed by atoms with van der Waals surface area (Å²) in [5.74, 6) is 0.674. The van der Waals surface area contributed by atoms with E-state index in [0.29, 0.717) is 28.5 Å². The highest BCUT2D eigenvalue weighted by Crippen LogP contribution is 2.46. The molecule has 0 bridgehead atoms. The van der Waals surface area contributed by atoms with Crippen molar-refractivity contribution in [1.82, 2.24) is 19.5 Å². The monoisotopic (exact) mass is 555 g/mol. The summed E-state index contributed by atoms with van der Waals surface area (Å²) in [7, 11) is -2.47. The molecule has 0 aliphatic rings. The van der Waals surface area contributed by atoms with Crippen molar-refractivity contribution in [2.24, 2.45) is 0 Å². The van der Waals surface area contributed by atoms with Crippen LogP contribution in [0, 0.1) is 0 Å². The van der Waals surface area contributed by atoms with Gasteiger partial charge in [0.25, 0.3) is 0 Å². The van der Waals surface area contributed by atoms with Gasteiger partial charge in [-0.1, -0.05) is 25.7 Å². The number of ether oxygens (including phenoxy) is 2. The van der Waals surface area contributed by atoms with Crippen LogP contribution in [0.4, 0.5) is 32.3 Å². The van der Waals surface area contributed by atoms with E-state index >= 15 is 0 Å². The summed E-state index contributed by atoms with van der Waals surface area (Å²) in [5, 5.41) is 0.484. The molecular weight excluding hydrogens is 531 g/mol. The fourth-order valence-corrected chi connectivity index (χ4v) is 5.96. The maximum absolute atomic E-state index is 12.7. The predicted octanol–water partition coefficient (Wildman–Crippen LogP) is 5.93. The normalized spacial score (nSPS) is 13.5. The third-order valence-electron chi connectivity index (χ3n) is 4.58. The van der Waals surface area contributed by atoms with Gasteiger partial charge in [-0.15, -0.1) is 0 Å². The predicted molar refractivity (Wildman–Crippen MR) is 126 cm³/mol. The molecule has 198 valence electrons. The number of nitrogens with zero attached hydrogens (tertiary/aromatic N) is 4. The molecule has 0 fully saturated rings. The van der Waals surface area contributed by atoms with Gasteiger partial charge in [-0.05, 0) is 32.0 Å². The van der Waals surface area contributed by atoms with Crippen LogP contribution in [0.1, 0.15) is 13.8 Å². The fraction of sp³-hybridized carbons (Fsp3) is 0.476. The summed E-state index contributed by atoms with van der Waals surface area (Å²) >= 11 is 1.30. The van der Waals surface area contributed by atoms with E-state index in [1.807, 2.05) is 31.2 Å². The lowest BCUT2D eigenvalue weighted by molar-refractivity contribution is -0.112.